The Hall–Kier alpha value is -3.13. The van der Waals surface area contributed by atoms with Crippen LogP contribution in [0.1, 0.15) is 95.4 Å². The molecular weight excluding hydrogens is 669 g/mol. The van der Waals surface area contributed by atoms with Crippen molar-refractivity contribution in [2.45, 2.75) is 95.1 Å². The number of rotatable bonds is 21. The molecule has 4 aromatic rings. The molecule has 262 valence electrons. The quantitative estimate of drug-likeness (QED) is 0.0846. The zero-order valence-electron chi connectivity index (χ0n) is 27.9. The number of unbranched alkanes of at least 4 members (excludes halogenated alkanes) is 11. The van der Waals surface area contributed by atoms with Crippen molar-refractivity contribution in [1.82, 2.24) is 15.3 Å². The van der Waals surface area contributed by atoms with Crippen molar-refractivity contribution >= 4 is 47.3 Å². The molecule has 2 aromatic heterocycles. The maximum atomic E-state index is 13.9. The number of nitrogens with two attached hydrogens (primary N) is 1. The maximum Gasteiger partial charge on any atom is 0.248 e. The second-order valence-corrected chi connectivity index (χ2v) is 17.5. The van der Waals surface area contributed by atoms with Gasteiger partial charge in [-0.05, 0) is 41.8 Å². The molecule has 2 heterocycles. The van der Waals surface area contributed by atoms with Crippen LogP contribution >= 0.6 is 11.3 Å². The van der Waals surface area contributed by atoms with Gasteiger partial charge in [-0.1, -0.05) is 102 Å². The van der Waals surface area contributed by atoms with Crippen molar-refractivity contribution in [3.63, 3.8) is 0 Å². The Morgan fingerprint density at radius 2 is 1.44 bits per heavy atom. The summed E-state index contributed by atoms with van der Waals surface area (Å²) < 4.78 is 54.5. The summed E-state index contributed by atoms with van der Waals surface area (Å²) in [5, 5.41) is 7.87. The molecule has 13 heteroatoms. The minimum atomic E-state index is -4.06. The molecule has 0 saturated carbocycles. The number of carbonyl (C=O) groups excluding carboxylic acids is 1. The number of benzene rings is 2. The Morgan fingerprint density at radius 1 is 0.854 bits per heavy atom. The summed E-state index contributed by atoms with van der Waals surface area (Å²) >= 11 is 1.17. The molecule has 0 saturated heterocycles. The highest BCUT2D eigenvalue weighted by molar-refractivity contribution is 7.92. The minimum Gasteiger partial charge on any atom is -0.445 e. The number of primary sulfonamides is 1. The van der Waals surface area contributed by atoms with E-state index in [9.17, 15) is 21.6 Å². The van der Waals surface area contributed by atoms with Crippen LogP contribution in [0, 0.1) is 0 Å². The SMILES string of the molecule is CCCCCCCCCCCCCCC(C(=O)NCCS(N)(=O)=O)(c1nc2ccc(-c3ccc(-c4ncco4)cc3)cc2s1)S(C)(=O)=O. The van der Waals surface area contributed by atoms with Crippen LogP contribution in [-0.4, -0.2) is 51.3 Å². The Balaban J connectivity index is 1.52. The standard InChI is InChI=1S/C35H48N4O6S3/c1-3-4-5-6-7-8-9-10-11-12-13-14-21-35(47(2,41)42,33(40)38-23-25-48(36,43)44)34-39-30-20-19-29(26-31(30)46-34)27-15-17-28(18-16-27)32-37-22-24-45-32/h15-20,22,24,26H,3-14,21,23,25H2,1-2H3,(H,38,40)(H2,36,43,44). The van der Waals surface area contributed by atoms with Gasteiger partial charge < -0.3 is 9.73 Å². The number of hydrogen-bond acceptors (Lipinski definition) is 9. The molecule has 1 unspecified atom stereocenters. The minimum absolute atomic E-state index is 0.0411. The Bertz CT molecular complexity index is 1820. The van der Waals surface area contributed by atoms with Crippen LogP contribution in [0.2, 0.25) is 0 Å². The first-order valence-corrected chi connectivity index (χ1v) is 21.3. The predicted molar refractivity (Wildman–Crippen MR) is 194 cm³/mol. The topological polar surface area (TPSA) is 162 Å². The van der Waals surface area contributed by atoms with E-state index in [1.54, 1.807) is 6.20 Å². The second-order valence-electron chi connectivity index (χ2n) is 12.5. The largest absolute Gasteiger partial charge is 0.445 e. The van der Waals surface area contributed by atoms with Crippen molar-refractivity contribution in [3.8, 4) is 22.6 Å². The number of carbonyl (C=O) groups is 1. The summed E-state index contributed by atoms with van der Waals surface area (Å²) in [7, 11) is -7.91. The van der Waals surface area contributed by atoms with Crippen LogP contribution in [-0.2, 0) is 29.4 Å². The fraction of sp³-hybridized carbons (Fsp3) is 0.514. The van der Waals surface area contributed by atoms with E-state index in [1.165, 1.54) is 62.5 Å². The number of fused-ring (bicyclic) bond motifs is 1. The monoisotopic (exact) mass is 716 g/mol. The third-order valence-corrected chi connectivity index (χ3v) is 12.6. The first-order chi connectivity index (χ1) is 22.9. The van der Waals surface area contributed by atoms with Gasteiger partial charge in [0.1, 0.15) is 11.3 Å². The summed E-state index contributed by atoms with van der Waals surface area (Å²) in [5.74, 6) is -0.760. The summed E-state index contributed by atoms with van der Waals surface area (Å²) in [4.78, 5) is 22.7. The first-order valence-electron chi connectivity index (χ1n) is 16.8. The van der Waals surface area contributed by atoms with E-state index < -0.39 is 36.3 Å². The van der Waals surface area contributed by atoms with Gasteiger partial charge >= 0.3 is 0 Å². The van der Waals surface area contributed by atoms with E-state index in [0.717, 1.165) is 53.3 Å². The summed E-state index contributed by atoms with van der Waals surface area (Å²) in [6, 6.07) is 13.4. The van der Waals surface area contributed by atoms with Crippen molar-refractivity contribution in [3.05, 3.63) is 59.9 Å². The van der Waals surface area contributed by atoms with E-state index in [-0.39, 0.29) is 18.0 Å². The van der Waals surface area contributed by atoms with Gasteiger partial charge in [0, 0.05) is 18.4 Å². The number of oxazole rings is 1. The Morgan fingerprint density at radius 3 is 2.00 bits per heavy atom. The molecule has 0 bridgehead atoms. The van der Waals surface area contributed by atoms with Crippen LogP contribution in [0.3, 0.4) is 0 Å². The number of hydrogen-bond donors (Lipinski definition) is 2. The van der Waals surface area contributed by atoms with Crippen molar-refractivity contribution in [2.75, 3.05) is 18.6 Å². The van der Waals surface area contributed by atoms with Crippen LogP contribution in [0.15, 0.2) is 59.3 Å². The molecule has 0 radical (unpaired) electrons. The molecule has 4 rings (SSSR count). The average molecular weight is 717 g/mol. The molecule has 1 amide bonds. The van der Waals surface area contributed by atoms with E-state index in [0.29, 0.717) is 17.8 Å². The van der Waals surface area contributed by atoms with Crippen LogP contribution < -0.4 is 10.5 Å². The van der Waals surface area contributed by atoms with Crippen molar-refractivity contribution < 1.29 is 26.0 Å². The molecule has 1 atom stereocenters. The molecule has 0 aliphatic rings. The third-order valence-electron chi connectivity index (χ3n) is 8.69. The normalized spacial score (nSPS) is 13.5. The smallest absolute Gasteiger partial charge is 0.248 e. The van der Waals surface area contributed by atoms with E-state index in [4.69, 9.17) is 14.5 Å². The zero-order chi connectivity index (χ0) is 34.6. The van der Waals surface area contributed by atoms with Gasteiger partial charge in [0.25, 0.3) is 0 Å². The number of nitrogens with one attached hydrogen (secondary N) is 1. The third kappa shape index (κ3) is 10.2. The lowest BCUT2D eigenvalue weighted by atomic mass is 9.98. The van der Waals surface area contributed by atoms with Crippen LogP contribution in [0.25, 0.3) is 32.8 Å². The lowest BCUT2D eigenvalue weighted by Crippen LogP contribution is -2.50. The molecule has 0 spiro atoms. The zero-order valence-corrected chi connectivity index (χ0v) is 30.4. The molecule has 0 aliphatic heterocycles. The lowest BCUT2D eigenvalue weighted by molar-refractivity contribution is -0.124. The predicted octanol–water partition coefficient (Wildman–Crippen LogP) is 7.35. The molecule has 10 nitrogen and oxygen atoms in total. The Labute approximate surface area is 288 Å². The number of aromatic nitrogens is 2. The average Bonchev–Trinajstić information content (AvgIpc) is 3.73. The maximum absolute atomic E-state index is 13.9. The van der Waals surface area contributed by atoms with Crippen LogP contribution in [0.4, 0.5) is 0 Å². The lowest BCUT2D eigenvalue weighted by Gasteiger charge is -2.29. The van der Waals surface area contributed by atoms with Crippen molar-refractivity contribution in [1.29, 1.82) is 0 Å². The number of thiazole rings is 1. The van der Waals surface area contributed by atoms with E-state index in [1.807, 2.05) is 42.5 Å². The molecule has 2 aromatic carbocycles. The van der Waals surface area contributed by atoms with E-state index in [2.05, 4.69) is 17.2 Å². The highest BCUT2D eigenvalue weighted by Crippen LogP contribution is 2.41. The number of nitrogens with zero attached hydrogens (tertiary/aromatic N) is 2. The molecule has 3 N–H and O–H groups in total. The molecule has 0 fully saturated rings. The van der Waals surface area contributed by atoms with Gasteiger partial charge in [0.05, 0.1) is 22.2 Å². The van der Waals surface area contributed by atoms with Gasteiger partial charge in [-0.2, -0.15) is 0 Å². The number of sulfone groups is 1. The second kappa shape index (κ2) is 17.5. The van der Waals surface area contributed by atoms with Gasteiger partial charge in [-0.25, -0.2) is 31.9 Å². The fourth-order valence-electron chi connectivity index (χ4n) is 5.94. The summed E-state index contributed by atoms with van der Waals surface area (Å²) in [5.41, 5.74) is 3.26. The van der Waals surface area contributed by atoms with Crippen LogP contribution in [0.5, 0.6) is 0 Å². The van der Waals surface area contributed by atoms with Gasteiger partial charge in [0.2, 0.25) is 26.6 Å². The van der Waals surface area contributed by atoms with Gasteiger partial charge in [0.15, 0.2) is 9.84 Å². The summed E-state index contributed by atoms with van der Waals surface area (Å²) in [6.45, 7) is 1.92. The fourth-order valence-corrected chi connectivity index (χ4v) is 9.31. The molecule has 0 aliphatic carbocycles. The molecular formula is C35H48N4O6S3. The number of sulfonamides is 1. The van der Waals surface area contributed by atoms with E-state index >= 15 is 0 Å². The van der Waals surface area contributed by atoms with Gasteiger partial charge in [-0.15, -0.1) is 11.3 Å². The summed E-state index contributed by atoms with van der Waals surface area (Å²) in [6.07, 6.45) is 17.5. The molecule has 48 heavy (non-hydrogen) atoms. The first kappa shape index (κ1) is 37.7. The Kier molecular flexibility index (Phi) is 13.7. The highest BCUT2D eigenvalue weighted by Gasteiger charge is 2.51. The van der Waals surface area contributed by atoms with Gasteiger partial charge in [-0.3, -0.25) is 4.79 Å². The van der Waals surface area contributed by atoms with Crippen molar-refractivity contribution in [2.24, 2.45) is 5.14 Å². The highest BCUT2D eigenvalue weighted by atomic mass is 32.2. The number of amides is 1.